The van der Waals surface area contributed by atoms with Crippen LogP contribution in [0.5, 0.6) is 5.75 Å². The Morgan fingerprint density at radius 2 is 1.17 bits per heavy atom. The van der Waals surface area contributed by atoms with Gasteiger partial charge in [-0.15, -0.1) is 0 Å². The summed E-state index contributed by atoms with van der Waals surface area (Å²) in [6.07, 6.45) is -0.361. The zero-order chi connectivity index (χ0) is 29.7. The Morgan fingerprint density at radius 3 is 1.79 bits per heavy atom. The Kier molecular flexibility index (Phi) is 10.7. The molecule has 4 aromatic rings. The number of aryl methyl sites for hydroxylation is 1. The first-order chi connectivity index (χ1) is 20.4. The number of nitrogens with one attached hydrogen (secondary N) is 3. The molecular formula is C34H35N3O5. The molecule has 0 saturated carbocycles. The van der Waals surface area contributed by atoms with Crippen LogP contribution in [0.25, 0.3) is 0 Å². The molecule has 2 atom stereocenters. The molecule has 0 aliphatic rings. The lowest BCUT2D eigenvalue weighted by Gasteiger charge is -2.23. The van der Waals surface area contributed by atoms with Gasteiger partial charge in [-0.1, -0.05) is 103 Å². The van der Waals surface area contributed by atoms with Gasteiger partial charge in [0.1, 0.15) is 24.4 Å². The number of alkyl carbamates (subject to hydrolysis) is 1. The standard InChI is InChI=1S/C34H35N3O5/c1-24-12-14-27(15-13-24)22-35-32(39)30(21-26-16-18-29(38)19-17-26)36-33(40)31(20-25-8-4-2-5-9-25)37-34(41)42-23-28-10-6-3-7-11-28/h2-19,30-31,38H,20-23H2,1H3,(H,35,39)(H,36,40)(H,37,41)/t30-,31-/m0/s1. The molecule has 0 saturated heterocycles. The van der Waals surface area contributed by atoms with E-state index in [0.29, 0.717) is 6.54 Å². The highest BCUT2D eigenvalue weighted by Crippen LogP contribution is 2.13. The first-order valence-electron chi connectivity index (χ1n) is 13.8. The van der Waals surface area contributed by atoms with Crippen LogP contribution in [-0.2, 0) is 40.3 Å². The van der Waals surface area contributed by atoms with Gasteiger partial charge in [0.15, 0.2) is 0 Å². The molecule has 8 heteroatoms. The molecule has 4 aromatic carbocycles. The summed E-state index contributed by atoms with van der Waals surface area (Å²) in [5.74, 6) is -0.795. The third-order valence-electron chi connectivity index (χ3n) is 6.70. The SMILES string of the molecule is Cc1ccc(CNC(=O)[C@H](Cc2ccc(O)cc2)NC(=O)[C@H](Cc2ccccc2)NC(=O)OCc2ccccc2)cc1. The number of amides is 3. The quantitative estimate of drug-likeness (QED) is 0.201. The smallest absolute Gasteiger partial charge is 0.408 e. The van der Waals surface area contributed by atoms with Crippen molar-refractivity contribution in [3.05, 3.63) is 137 Å². The van der Waals surface area contributed by atoms with E-state index < -0.39 is 24.1 Å². The predicted octanol–water partition coefficient (Wildman–Crippen LogP) is 4.58. The highest BCUT2D eigenvalue weighted by molar-refractivity contribution is 5.91. The predicted molar refractivity (Wildman–Crippen MR) is 160 cm³/mol. The highest BCUT2D eigenvalue weighted by Gasteiger charge is 2.28. The summed E-state index contributed by atoms with van der Waals surface area (Å²) in [6, 6.07) is 30.9. The molecule has 0 aromatic heterocycles. The number of ether oxygens (including phenoxy) is 1. The van der Waals surface area contributed by atoms with Gasteiger partial charge in [-0.05, 0) is 41.3 Å². The number of benzene rings is 4. The maximum Gasteiger partial charge on any atom is 0.408 e. The normalized spacial score (nSPS) is 12.0. The van der Waals surface area contributed by atoms with Gasteiger partial charge in [-0.25, -0.2) is 4.79 Å². The van der Waals surface area contributed by atoms with Crippen LogP contribution in [0.15, 0.2) is 109 Å². The average molecular weight is 566 g/mol. The van der Waals surface area contributed by atoms with E-state index in [1.165, 1.54) is 12.1 Å². The number of phenols is 1. The second-order valence-corrected chi connectivity index (χ2v) is 10.1. The molecule has 4 N–H and O–H groups in total. The molecule has 216 valence electrons. The molecule has 0 heterocycles. The number of aromatic hydroxyl groups is 1. The summed E-state index contributed by atoms with van der Waals surface area (Å²) in [5.41, 5.74) is 4.43. The fraction of sp³-hybridized carbons (Fsp3) is 0.206. The molecule has 0 radical (unpaired) electrons. The largest absolute Gasteiger partial charge is 0.508 e. The van der Waals surface area contributed by atoms with Gasteiger partial charge in [0.05, 0.1) is 0 Å². The number of carbonyl (C=O) groups excluding carboxylic acids is 3. The fourth-order valence-corrected chi connectivity index (χ4v) is 4.33. The Bertz CT molecular complexity index is 1440. The molecule has 42 heavy (non-hydrogen) atoms. The van der Waals surface area contributed by atoms with Crippen molar-refractivity contribution in [2.75, 3.05) is 0 Å². The van der Waals surface area contributed by atoms with Gasteiger partial charge in [-0.3, -0.25) is 9.59 Å². The summed E-state index contributed by atoms with van der Waals surface area (Å²) < 4.78 is 5.37. The lowest BCUT2D eigenvalue weighted by Crippen LogP contribution is -2.55. The van der Waals surface area contributed by atoms with Crippen LogP contribution >= 0.6 is 0 Å². The van der Waals surface area contributed by atoms with Gasteiger partial charge in [0, 0.05) is 19.4 Å². The van der Waals surface area contributed by atoms with Crippen LogP contribution in [0.4, 0.5) is 4.79 Å². The Labute approximate surface area is 245 Å². The van der Waals surface area contributed by atoms with Gasteiger partial charge in [-0.2, -0.15) is 0 Å². The molecule has 0 unspecified atom stereocenters. The van der Waals surface area contributed by atoms with E-state index in [9.17, 15) is 19.5 Å². The van der Waals surface area contributed by atoms with E-state index in [4.69, 9.17) is 4.74 Å². The summed E-state index contributed by atoms with van der Waals surface area (Å²) in [6.45, 7) is 2.33. The van der Waals surface area contributed by atoms with Crippen molar-refractivity contribution >= 4 is 17.9 Å². The molecule has 3 amide bonds. The minimum Gasteiger partial charge on any atom is -0.508 e. The second kappa shape index (κ2) is 15.0. The third kappa shape index (κ3) is 9.52. The van der Waals surface area contributed by atoms with Crippen LogP contribution in [0.3, 0.4) is 0 Å². The van der Waals surface area contributed by atoms with E-state index >= 15 is 0 Å². The van der Waals surface area contributed by atoms with Crippen LogP contribution in [0.1, 0.15) is 27.8 Å². The molecule has 0 spiro atoms. The summed E-state index contributed by atoms with van der Waals surface area (Å²) in [7, 11) is 0. The van der Waals surface area contributed by atoms with Crippen molar-refractivity contribution in [3.8, 4) is 5.75 Å². The lowest BCUT2D eigenvalue weighted by molar-refractivity contribution is -0.130. The minimum absolute atomic E-state index is 0.0528. The van der Waals surface area contributed by atoms with Gasteiger partial charge in [0.2, 0.25) is 11.8 Å². The maximum atomic E-state index is 13.6. The Balaban J connectivity index is 1.48. The third-order valence-corrected chi connectivity index (χ3v) is 6.70. The summed E-state index contributed by atoms with van der Waals surface area (Å²) in [5, 5.41) is 18.1. The minimum atomic E-state index is -0.997. The van der Waals surface area contributed by atoms with Crippen LogP contribution < -0.4 is 16.0 Å². The van der Waals surface area contributed by atoms with E-state index in [2.05, 4.69) is 16.0 Å². The van der Waals surface area contributed by atoms with E-state index in [0.717, 1.165) is 27.8 Å². The monoisotopic (exact) mass is 565 g/mol. The van der Waals surface area contributed by atoms with Crippen molar-refractivity contribution in [2.45, 2.75) is 45.0 Å². The Morgan fingerprint density at radius 1 is 0.643 bits per heavy atom. The first-order valence-corrected chi connectivity index (χ1v) is 13.8. The zero-order valence-corrected chi connectivity index (χ0v) is 23.5. The number of rotatable bonds is 12. The van der Waals surface area contributed by atoms with Crippen molar-refractivity contribution in [1.29, 1.82) is 0 Å². The van der Waals surface area contributed by atoms with Crippen molar-refractivity contribution < 1.29 is 24.2 Å². The fourth-order valence-electron chi connectivity index (χ4n) is 4.33. The van der Waals surface area contributed by atoms with E-state index in [1.54, 1.807) is 12.1 Å². The van der Waals surface area contributed by atoms with Gasteiger partial charge in [0.25, 0.3) is 0 Å². The molecule has 0 bridgehead atoms. The van der Waals surface area contributed by atoms with Crippen molar-refractivity contribution in [2.24, 2.45) is 0 Å². The van der Waals surface area contributed by atoms with Crippen molar-refractivity contribution in [1.82, 2.24) is 16.0 Å². The first kappa shape index (κ1) is 29.9. The molecule has 8 nitrogen and oxygen atoms in total. The van der Waals surface area contributed by atoms with E-state index in [-0.39, 0.29) is 31.1 Å². The Hall–Kier alpha value is -5.11. The van der Waals surface area contributed by atoms with Gasteiger partial charge >= 0.3 is 6.09 Å². The maximum absolute atomic E-state index is 13.6. The number of hydrogen-bond donors (Lipinski definition) is 4. The van der Waals surface area contributed by atoms with Crippen LogP contribution in [-0.4, -0.2) is 35.1 Å². The molecular weight excluding hydrogens is 530 g/mol. The van der Waals surface area contributed by atoms with Crippen LogP contribution in [0.2, 0.25) is 0 Å². The van der Waals surface area contributed by atoms with Crippen LogP contribution in [0, 0.1) is 6.92 Å². The van der Waals surface area contributed by atoms with Gasteiger partial charge < -0.3 is 25.8 Å². The average Bonchev–Trinajstić information content (AvgIpc) is 3.01. The van der Waals surface area contributed by atoms with Crippen molar-refractivity contribution in [3.63, 3.8) is 0 Å². The molecule has 4 rings (SSSR count). The number of phenolic OH excluding ortho intramolecular Hbond substituents is 1. The topological polar surface area (TPSA) is 117 Å². The summed E-state index contributed by atoms with van der Waals surface area (Å²) in [4.78, 5) is 39.7. The molecule has 0 aliphatic carbocycles. The zero-order valence-electron chi connectivity index (χ0n) is 23.5. The molecule has 0 fully saturated rings. The lowest BCUT2D eigenvalue weighted by atomic mass is 10.0. The highest BCUT2D eigenvalue weighted by atomic mass is 16.5. The number of carbonyl (C=O) groups is 3. The summed E-state index contributed by atoms with van der Waals surface area (Å²) >= 11 is 0. The molecule has 0 aliphatic heterocycles. The number of hydrogen-bond acceptors (Lipinski definition) is 5. The van der Waals surface area contributed by atoms with E-state index in [1.807, 2.05) is 91.9 Å². The second-order valence-electron chi connectivity index (χ2n) is 10.1.